The maximum Gasteiger partial charge on any atom is 0.253 e. The Labute approximate surface area is 119 Å². The summed E-state index contributed by atoms with van der Waals surface area (Å²) in [6.07, 6.45) is 1.09. The minimum atomic E-state index is -0.0869. The Morgan fingerprint density at radius 2 is 2.17 bits per heavy atom. The molecule has 2 rings (SSSR count). The van der Waals surface area contributed by atoms with E-state index in [9.17, 15) is 4.79 Å². The Morgan fingerprint density at radius 3 is 2.83 bits per heavy atom. The van der Waals surface area contributed by atoms with Crippen molar-refractivity contribution >= 4 is 29.9 Å². The minimum absolute atomic E-state index is 0. The van der Waals surface area contributed by atoms with Gasteiger partial charge in [0, 0.05) is 12.6 Å². The third-order valence-corrected chi connectivity index (χ3v) is 3.59. The Kier molecular flexibility index (Phi) is 5.93. The van der Waals surface area contributed by atoms with Gasteiger partial charge in [-0.25, -0.2) is 0 Å². The topological polar surface area (TPSA) is 41.1 Å². The summed E-state index contributed by atoms with van der Waals surface area (Å²) < 4.78 is 0. The van der Waals surface area contributed by atoms with Crippen LogP contribution in [0, 0.1) is 5.92 Å². The molecule has 0 radical (unpaired) electrons. The standard InChI is InChI=1S/C13H17ClN2O.ClH/c1-9-6-7-15-8-12(9)16-13(17)10-4-2-3-5-11(10)14;/h2-5,9,12,15H,6-8H2,1H3,(H,16,17);1H. The number of carbonyl (C=O) groups excluding carboxylic acids is 1. The van der Waals surface area contributed by atoms with Gasteiger partial charge in [-0.1, -0.05) is 30.7 Å². The summed E-state index contributed by atoms with van der Waals surface area (Å²) in [6.45, 7) is 4.02. The van der Waals surface area contributed by atoms with Crippen LogP contribution in [0.2, 0.25) is 5.02 Å². The van der Waals surface area contributed by atoms with Gasteiger partial charge in [0.2, 0.25) is 0 Å². The first kappa shape index (κ1) is 15.3. The second kappa shape index (κ2) is 6.98. The van der Waals surface area contributed by atoms with Crippen LogP contribution in [-0.2, 0) is 0 Å². The summed E-state index contributed by atoms with van der Waals surface area (Å²) in [5, 5.41) is 6.83. The molecule has 1 heterocycles. The highest BCUT2D eigenvalue weighted by Crippen LogP contribution is 2.16. The highest BCUT2D eigenvalue weighted by Gasteiger charge is 2.23. The second-order valence-electron chi connectivity index (χ2n) is 4.53. The van der Waals surface area contributed by atoms with E-state index >= 15 is 0 Å². The van der Waals surface area contributed by atoms with E-state index < -0.39 is 0 Å². The molecule has 1 saturated heterocycles. The molecular weight excluding hydrogens is 271 g/mol. The molecular formula is C13H18Cl2N2O. The van der Waals surface area contributed by atoms with E-state index in [1.807, 2.05) is 12.1 Å². The van der Waals surface area contributed by atoms with Crippen molar-refractivity contribution in [2.45, 2.75) is 19.4 Å². The molecule has 1 aliphatic rings. The van der Waals surface area contributed by atoms with Crippen LogP contribution in [0.15, 0.2) is 24.3 Å². The van der Waals surface area contributed by atoms with Crippen LogP contribution < -0.4 is 10.6 Å². The first-order valence-corrected chi connectivity index (χ1v) is 6.32. The molecule has 0 bridgehead atoms. The molecule has 1 amide bonds. The van der Waals surface area contributed by atoms with E-state index in [2.05, 4.69) is 17.6 Å². The first-order valence-electron chi connectivity index (χ1n) is 5.94. The van der Waals surface area contributed by atoms with E-state index in [0.29, 0.717) is 16.5 Å². The lowest BCUT2D eigenvalue weighted by Gasteiger charge is -2.30. The zero-order chi connectivity index (χ0) is 12.3. The number of piperidine rings is 1. The fraction of sp³-hybridized carbons (Fsp3) is 0.462. The fourth-order valence-corrected chi connectivity index (χ4v) is 2.30. The van der Waals surface area contributed by atoms with Crippen LogP contribution >= 0.6 is 24.0 Å². The number of nitrogens with one attached hydrogen (secondary N) is 2. The number of halogens is 2. The molecule has 5 heteroatoms. The van der Waals surface area contributed by atoms with Crippen LogP contribution in [0.3, 0.4) is 0 Å². The van der Waals surface area contributed by atoms with Gasteiger partial charge in [-0.15, -0.1) is 12.4 Å². The normalized spacial score (nSPS) is 23.0. The number of carbonyl (C=O) groups is 1. The summed E-state index contributed by atoms with van der Waals surface area (Å²) >= 11 is 6.00. The van der Waals surface area contributed by atoms with Crippen molar-refractivity contribution in [1.29, 1.82) is 0 Å². The highest BCUT2D eigenvalue weighted by atomic mass is 35.5. The smallest absolute Gasteiger partial charge is 0.253 e. The second-order valence-corrected chi connectivity index (χ2v) is 4.94. The molecule has 3 nitrogen and oxygen atoms in total. The van der Waals surface area contributed by atoms with Gasteiger partial charge in [0.25, 0.3) is 5.91 Å². The van der Waals surface area contributed by atoms with Crippen LogP contribution in [0.4, 0.5) is 0 Å². The Hall–Kier alpha value is -0.770. The van der Waals surface area contributed by atoms with E-state index in [1.54, 1.807) is 12.1 Å². The van der Waals surface area contributed by atoms with Crippen LogP contribution in [0.5, 0.6) is 0 Å². The predicted molar refractivity (Wildman–Crippen MR) is 76.6 cm³/mol. The van der Waals surface area contributed by atoms with Gasteiger partial charge < -0.3 is 10.6 Å². The average Bonchev–Trinajstić information content (AvgIpc) is 2.32. The van der Waals surface area contributed by atoms with Gasteiger partial charge in [0.05, 0.1) is 10.6 Å². The van der Waals surface area contributed by atoms with E-state index in [4.69, 9.17) is 11.6 Å². The third-order valence-electron chi connectivity index (χ3n) is 3.26. The maximum atomic E-state index is 12.1. The zero-order valence-electron chi connectivity index (χ0n) is 10.3. The molecule has 1 aromatic rings. The number of benzene rings is 1. The summed E-state index contributed by atoms with van der Waals surface area (Å²) in [4.78, 5) is 12.1. The highest BCUT2D eigenvalue weighted by molar-refractivity contribution is 6.33. The summed E-state index contributed by atoms with van der Waals surface area (Å²) in [5.74, 6) is 0.416. The first-order chi connectivity index (χ1) is 8.18. The monoisotopic (exact) mass is 288 g/mol. The van der Waals surface area contributed by atoms with Crippen LogP contribution in [0.25, 0.3) is 0 Å². The van der Waals surface area contributed by atoms with Crippen molar-refractivity contribution in [1.82, 2.24) is 10.6 Å². The van der Waals surface area contributed by atoms with Crippen molar-refractivity contribution in [2.75, 3.05) is 13.1 Å². The van der Waals surface area contributed by atoms with Crippen molar-refractivity contribution in [3.63, 3.8) is 0 Å². The number of rotatable bonds is 2. The molecule has 18 heavy (non-hydrogen) atoms. The number of hydrogen-bond acceptors (Lipinski definition) is 2. The number of hydrogen-bond donors (Lipinski definition) is 2. The van der Waals surface area contributed by atoms with Crippen molar-refractivity contribution < 1.29 is 4.79 Å². The molecule has 1 fully saturated rings. The SMILES string of the molecule is CC1CCNCC1NC(=O)c1ccccc1Cl.Cl. The van der Waals surface area contributed by atoms with Crippen molar-refractivity contribution in [3.8, 4) is 0 Å². The van der Waals surface area contributed by atoms with Gasteiger partial charge in [0.15, 0.2) is 0 Å². The van der Waals surface area contributed by atoms with Crippen LogP contribution in [-0.4, -0.2) is 25.0 Å². The molecule has 1 aromatic carbocycles. The lowest BCUT2D eigenvalue weighted by molar-refractivity contribution is 0.0915. The van der Waals surface area contributed by atoms with E-state index in [-0.39, 0.29) is 24.4 Å². The molecule has 0 aromatic heterocycles. The number of amides is 1. The Bertz CT molecular complexity index is 412. The lowest BCUT2D eigenvalue weighted by atomic mass is 9.94. The molecule has 0 spiro atoms. The summed E-state index contributed by atoms with van der Waals surface area (Å²) in [6, 6.07) is 7.32. The Balaban J connectivity index is 0.00000162. The molecule has 0 aliphatic carbocycles. The largest absolute Gasteiger partial charge is 0.348 e. The minimum Gasteiger partial charge on any atom is -0.348 e. The molecule has 100 valence electrons. The Morgan fingerprint density at radius 1 is 1.44 bits per heavy atom. The van der Waals surface area contributed by atoms with E-state index in [1.165, 1.54) is 0 Å². The summed E-state index contributed by atoms with van der Waals surface area (Å²) in [5.41, 5.74) is 0.548. The van der Waals surface area contributed by atoms with Crippen LogP contribution in [0.1, 0.15) is 23.7 Å². The quantitative estimate of drug-likeness (QED) is 0.878. The lowest BCUT2D eigenvalue weighted by Crippen LogP contribution is -2.50. The van der Waals surface area contributed by atoms with Gasteiger partial charge in [-0.2, -0.15) is 0 Å². The van der Waals surface area contributed by atoms with Crippen molar-refractivity contribution in [2.24, 2.45) is 5.92 Å². The zero-order valence-corrected chi connectivity index (χ0v) is 11.9. The molecule has 2 N–H and O–H groups in total. The average molecular weight is 289 g/mol. The van der Waals surface area contributed by atoms with E-state index in [0.717, 1.165) is 19.5 Å². The van der Waals surface area contributed by atoms with Gasteiger partial charge in [-0.3, -0.25) is 4.79 Å². The molecule has 2 unspecified atom stereocenters. The van der Waals surface area contributed by atoms with Gasteiger partial charge in [-0.05, 0) is 31.0 Å². The van der Waals surface area contributed by atoms with Gasteiger partial charge in [0.1, 0.15) is 0 Å². The molecule has 0 saturated carbocycles. The summed E-state index contributed by atoms with van der Waals surface area (Å²) in [7, 11) is 0. The molecule has 1 aliphatic heterocycles. The predicted octanol–water partition coefficient (Wildman–Crippen LogP) is 2.49. The third kappa shape index (κ3) is 3.61. The van der Waals surface area contributed by atoms with Gasteiger partial charge >= 0.3 is 0 Å². The maximum absolute atomic E-state index is 12.1. The molecule has 2 atom stereocenters. The fourth-order valence-electron chi connectivity index (χ4n) is 2.07. The van der Waals surface area contributed by atoms with Crippen molar-refractivity contribution in [3.05, 3.63) is 34.9 Å².